The topological polar surface area (TPSA) is 109 Å². The second kappa shape index (κ2) is 6.61. The summed E-state index contributed by atoms with van der Waals surface area (Å²) in [5.41, 5.74) is 1.56. The summed E-state index contributed by atoms with van der Waals surface area (Å²) in [7, 11) is 1.75. The Morgan fingerprint density at radius 3 is 2.85 bits per heavy atom. The molecule has 3 heterocycles. The summed E-state index contributed by atoms with van der Waals surface area (Å²) in [5.74, 6) is 0. The minimum atomic E-state index is -0.914. The highest BCUT2D eigenvalue weighted by molar-refractivity contribution is 5.89. The van der Waals surface area contributed by atoms with Gasteiger partial charge in [0, 0.05) is 12.6 Å². The maximum atomic E-state index is 12.9. The Bertz CT molecular complexity index is 1100. The van der Waals surface area contributed by atoms with Crippen LogP contribution in [0.15, 0.2) is 35.4 Å². The molecule has 1 aliphatic rings. The van der Waals surface area contributed by atoms with Crippen molar-refractivity contribution in [2.45, 2.75) is 25.0 Å². The Balaban J connectivity index is 1.79. The Morgan fingerprint density at radius 1 is 1.33 bits per heavy atom. The van der Waals surface area contributed by atoms with Crippen molar-refractivity contribution < 1.29 is 5.11 Å². The zero-order valence-corrected chi connectivity index (χ0v) is 15.0. The molecule has 8 nitrogen and oxygen atoms in total. The summed E-state index contributed by atoms with van der Waals surface area (Å²) in [5, 5.41) is 27.4. The number of benzene rings is 1. The van der Waals surface area contributed by atoms with Crippen molar-refractivity contribution in [3.05, 3.63) is 46.5 Å². The van der Waals surface area contributed by atoms with Crippen molar-refractivity contribution in [1.82, 2.24) is 24.6 Å². The quantitative estimate of drug-likeness (QED) is 0.711. The molecule has 27 heavy (non-hydrogen) atoms. The maximum absolute atomic E-state index is 12.9. The number of fused-ring (bicyclic) bond motifs is 1. The zero-order chi connectivity index (χ0) is 19.0. The van der Waals surface area contributed by atoms with Gasteiger partial charge in [0.05, 0.1) is 35.8 Å². The number of nitrogens with one attached hydrogen (secondary N) is 1. The van der Waals surface area contributed by atoms with Gasteiger partial charge in [-0.3, -0.25) is 14.0 Å². The average Bonchev–Trinajstić information content (AvgIpc) is 3.01. The van der Waals surface area contributed by atoms with Crippen LogP contribution in [0.3, 0.4) is 0 Å². The van der Waals surface area contributed by atoms with E-state index >= 15 is 0 Å². The first-order chi connectivity index (χ1) is 13.0. The van der Waals surface area contributed by atoms with Crippen LogP contribution in [0.1, 0.15) is 18.4 Å². The Labute approximate surface area is 155 Å². The average molecular weight is 364 g/mol. The van der Waals surface area contributed by atoms with Crippen LogP contribution < -0.4 is 10.9 Å². The Kier molecular flexibility index (Phi) is 4.26. The van der Waals surface area contributed by atoms with Gasteiger partial charge in [0.1, 0.15) is 5.52 Å². The third kappa shape index (κ3) is 3.12. The fraction of sp³-hybridized carbons (Fsp3) is 0.368. The Morgan fingerprint density at radius 2 is 2.11 bits per heavy atom. The zero-order valence-electron chi connectivity index (χ0n) is 15.0. The molecule has 0 spiro atoms. The third-order valence-corrected chi connectivity index (χ3v) is 5.08. The number of nitriles is 1. The molecule has 1 saturated heterocycles. The van der Waals surface area contributed by atoms with Gasteiger partial charge in [-0.05, 0) is 38.1 Å². The molecule has 1 aromatic carbocycles. The number of hydrogen-bond acceptors (Lipinski definition) is 6. The molecule has 0 amide bonds. The number of aryl methyl sites for hydroxylation is 1. The molecular weight excluding hydrogens is 344 g/mol. The van der Waals surface area contributed by atoms with Gasteiger partial charge in [-0.1, -0.05) is 12.1 Å². The van der Waals surface area contributed by atoms with Gasteiger partial charge >= 0.3 is 0 Å². The lowest BCUT2D eigenvalue weighted by Crippen LogP contribution is -2.46. The highest BCUT2D eigenvalue weighted by atomic mass is 16.3. The molecule has 0 saturated carbocycles. The largest absolute Gasteiger partial charge is 0.388 e. The molecule has 3 aromatic rings. The van der Waals surface area contributed by atoms with E-state index in [1.807, 2.05) is 6.07 Å². The van der Waals surface area contributed by atoms with E-state index in [1.54, 1.807) is 29.9 Å². The molecule has 0 aliphatic carbocycles. The van der Waals surface area contributed by atoms with E-state index in [2.05, 4.69) is 21.5 Å². The van der Waals surface area contributed by atoms with Gasteiger partial charge in [-0.15, -0.1) is 0 Å². The lowest BCUT2D eigenvalue weighted by atomic mass is 9.92. The highest BCUT2D eigenvalue weighted by Crippen LogP contribution is 2.26. The number of hydrogen-bond donors (Lipinski definition) is 2. The van der Waals surface area contributed by atoms with Crippen LogP contribution in [-0.4, -0.2) is 43.1 Å². The summed E-state index contributed by atoms with van der Waals surface area (Å²) in [6.45, 7) is 1.65. The van der Waals surface area contributed by atoms with Crippen molar-refractivity contribution in [2.75, 3.05) is 13.1 Å². The number of aromatic nitrogens is 4. The lowest BCUT2D eigenvalue weighted by Gasteiger charge is -2.32. The predicted molar refractivity (Wildman–Crippen MR) is 100.0 cm³/mol. The molecule has 0 bridgehead atoms. The van der Waals surface area contributed by atoms with Gasteiger partial charge in [-0.25, -0.2) is 4.98 Å². The second-order valence-corrected chi connectivity index (χ2v) is 7.01. The van der Waals surface area contributed by atoms with Gasteiger partial charge in [-0.2, -0.15) is 10.4 Å². The minimum Gasteiger partial charge on any atom is -0.388 e. The van der Waals surface area contributed by atoms with Crippen molar-refractivity contribution in [3.8, 4) is 17.3 Å². The van der Waals surface area contributed by atoms with E-state index in [0.717, 1.165) is 18.7 Å². The van der Waals surface area contributed by atoms with E-state index in [4.69, 9.17) is 5.26 Å². The molecule has 138 valence electrons. The number of rotatable bonds is 3. The first kappa shape index (κ1) is 17.4. The van der Waals surface area contributed by atoms with Crippen LogP contribution in [-0.2, 0) is 13.6 Å². The first-order valence-corrected chi connectivity index (χ1v) is 8.86. The van der Waals surface area contributed by atoms with Crippen molar-refractivity contribution in [2.24, 2.45) is 7.05 Å². The summed E-state index contributed by atoms with van der Waals surface area (Å²) < 4.78 is 3.05. The van der Waals surface area contributed by atoms with Crippen LogP contribution in [0.5, 0.6) is 0 Å². The predicted octanol–water partition coefficient (Wildman–Crippen LogP) is 0.783. The molecule has 2 aromatic heterocycles. The van der Waals surface area contributed by atoms with Crippen molar-refractivity contribution in [3.63, 3.8) is 0 Å². The summed E-state index contributed by atoms with van der Waals surface area (Å²) in [4.78, 5) is 17.4. The van der Waals surface area contributed by atoms with E-state index < -0.39 is 5.60 Å². The molecule has 1 fully saturated rings. The van der Waals surface area contributed by atoms with Crippen LogP contribution >= 0.6 is 0 Å². The van der Waals surface area contributed by atoms with Crippen molar-refractivity contribution in [1.29, 1.82) is 5.26 Å². The molecule has 0 unspecified atom stereocenters. The second-order valence-electron chi connectivity index (χ2n) is 7.01. The van der Waals surface area contributed by atoms with Gasteiger partial charge in [0.25, 0.3) is 5.56 Å². The van der Waals surface area contributed by atoms with Gasteiger partial charge < -0.3 is 10.4 Å². The van der Waals surface area contributed by atoms with Crippen LogP contribution in [0.4, 0.5) is 0 Å². The molecule has 0 atom stereocenters. The molecule has 4 rings (SSSR count). The maximum Gasteiger partial charge on any atom is 0.281 e. The van der Waals surface area contributed by atoms with Crippen LogP contribution in [0.25, 0.3) is 22.3 Å². The summed E-state index contributed by atoms with van der Waals surface area (Å²) in [6, 6.07) is 9.25. The number of nitrogens with zero attached hydrogens (tertiary/aromatic N) is 5. The normalized spacial score (nSPS) is 16.3. The number of piperidine rings is 1. The minimum absolute atomic E-state index is 0.201. The van der Waals surface area contributed by atoms with E-state index in [0.29, 0.717) is 29.6 Å². The number of aliphatic hydroxyl groups is 1. The van der Waals surface area contributed by atoms with Crippen molar-refractivity contribution >= 4 is 11.0 Å². The lowest BCUT2D eigenvalue weighted by molar-refractivity contribution is -0.00628. The highest BCUT2D eigenvalue weighted by Gasteiger charge is 2.30. The molecule has 0 radical (unpaired) electrons. The smallest absolute Gasteiger partial charge is 0.281 e. The SMILES string of the molecule is Cn1nc2c(=O)n(CC3(O)CCNCC3)cnc2c1-c1cccc(C#N)c1. The fourth-order valence-corrected chi connectivity index (χ4v) is 3.63. The first-order valence-electron chi connectivity index (χ1n) is 8.86. The summed E-state index contributed by atoms with van der Waals surface area (Å²) >= 11 is 0. The van der Waals surface area contributed by atoms with Crippen LogP contribution in [0.2, 0.25) is 0 Å². The standard InChI is InChI=1S/C19H20N6O2/c1-24-17(14-4-2-3-13(9-14)10-20)15-16(23-24)18(26)25(12-22-15)11-19(27)5-7-21-8-6-19/h2-4,9,12,21,27H,5-8,11H2,1H3. The molecule has 2 N–H and O–H groups in total. The molecular formula is C19H20N6O2. The third-order valence-electron chi connectivity index (χ3n) is 5.08. The summed E-state index contributed by atoms with van der Waals surface area (Å²) in [6.07, 6.45) is 2.65. The van der Waals surface area contributed by atoms with E-state index in [9.17, 15) is 9.90 Å². The van der Waals surface area contributed by atoms with E-state index in [1.165, 1.54) is 10.9 Å². The van der Waals surface area contributed by atoms with Gasteiger partial charge in [0.15, 0.2) is 5.52 Å². The van der Waals surface area contributed by atoms with Crippen LogP contribution in [0, 0.1) is 11.3 Å². The van der Waals surface area contributed by atoms with E-state index in [-0.39, 0.29) is 17.6 Å². The molecule has 8 heteroatoms. The molecule has 1 aliphatic heterocycles. The van der Waals surface area contributed by atoms with Gasteiger partial charge in [0.2, 0.25) is 0 Å². The fourth-order valence-electron chi connectivity index (χ4n) is 3.63. The monoisotopic (exact) mass is 364 g/mol. The Hall–Kier alpha value is -3.02.